The van der Waals surface area contributed by atoms with E-state index in [2.05, 4.69) is 33.0 Å². The predicted octanol–water partition coefficient (Wildman–Crippen LogP) is 5.64. The van der Waals surface area contributed by atoms with Crippen molar-refractivity contribution >= 4 is 0 Å². The van der Waals surface area contributed by atoms with E-state index >= 15 is 0 Å². The van der Waals surface area contributed by atoms with E-state index in [1.54, 1.807) is 0 Å². The number of nitrogens with one attached hydrogen (secondary N) is 1. The maximum Gasteiger partial charge on any atom is 0 e. The van der Waals surface area contributed by atoms with Crippen LogP contribution < -0.4 is 5.32 Å². The molecule has 1 heteroatoms. The molecule has 0 saturated heterocycles. The Bertz CT molecular complexity index is 159. The average Bonchev–Trinajstić information content (AvgIpc) is 2.35. The summed E-state index contributed by atoms with van der Waals surface area (Å²) in [5.74, 6) is 1.73. The molecule has 0 aliphatic heterocycles. The molecule has 0 aliphatic carbocycles. The smallest absolute Gasteiger partial charge is 0 e. The fraction of sp³-hybridized carbons (Fsp3) is 1.00. The summed E-state index contributed by atoms with van der Waals surface area (Å²) in [5.41, 5.74) is 0. The molecule has 1 nitrogen and oxygen atoms in total. The lowest BCUT2D eigenvalue weighted by Gasteiger charge is -2.08. The SMILES string of the molecule is CCC(C)CCCCCCCCCNCC(C)C.[HH]. The number of rotatable bonds is 13. The molecule has 0 amide bonds. The number of unbranched alkanes of at least 4 members (excludes halogenated alkanes) is 6. The van der Waals surface area contributed by atoms with Crippen molar-refractivity contribution in [3.63, 3.8) is 0 Å². The third-order valence-electron chi connectivity index (χ3n) is 3.80. The Morgan fingerprint density at radius 3 is 1.94 bits per heavy atom. The first-order valence-corrected chi connectivity index (χ1v) is 8.37. The van der Waals surface area contributed by atoms with Gasteiger partial charge in [-0.1, -0.05) is 79.1 Å². The minimum Gasteiger partial charge on any atom is -0.316 e. The van der Waals surface area contributed by atoms with Crippen LogP contribution >= 0.6 is 0 Å². The van der Waals surface area contributed by atoms with Gasteiger partial charge in [-0.05, 0) is 31.3 Å². The first kappa shape index (κ1) is 18.0. The lowest BCUT2D eigenvalue weighted by molar-refractivity contribution is 0.468. The maximum atomic E-state index is 3.51. The summed E-state index contributed by atoms with van der Waals surface area (Å²) in [4.78, 5) is 0. The third-order valence-corrected chi connectivity index (χ3v) is 3.80. The number of hydrogen-bond acceptors (Lipinski definition) is 1. The molecule has 0 aromatic carbocycles. The zero-order valence-corrected chi connectivity index (χ0v) is 13.4. The average molecular weight is 258 g/mol. The van der Waals surface area contributed by atoms with Crippen molar-refractivity contribution in [1.82, 2.24) is 5.32 Å². The first-order chi connectivity index (χ1) is 8.66. The monoisotopic (exact) mass is 257 g/mol. The Morgan fingerprint density at radius 1 is 0.833 bits per heavy atom. The molecule has 0 heterocycles. The largest absolute Gasteiger partial charge is 0.316 e. The van der Waals surface area contributed by atoms with Crippen LogP contribution in [0.1, 0.15) is 86.9 Å². The van der Waals surface area contributed by atoms with Gasteiger partial charge < -0.3 is 5.32 Å². The minimum absolute atomic E-state index is 0. The molecule has 112 valence electrons. The van der Waals surface area contributed by atoms with Crippen LogP contribution in [0.15, 0.2) is 0 Å². The minimum atomic E-state index is 0. The van der Waals surface area contributed by atoms with Gasteiger partial charge in [0.25, 0.3) is 0 Å². The molecular weight excluding hydrogens is 218 g/mol. The van der Waals surface area contributed by atoms with Crippen LogP contribution in [-0.2, 0) is 0 Å². The Hall–Kier alpha value is -0.0400. The maximum absolute atomic E-state index is 3.51. The van der Waals surface area contributed by atoms with E-state index in [1.165, 1.54) is 70.9 Å². The van der Waals surface area contributed by atoms with Gasteiger partial charge in [-0.3, -0.25) is 0 Å². The highest BCUT2D eigenvalue weighted by Crippen LogP contribution is 2.14. The summed E-state index contributed by atoms with van der Waals surface area (Å²) >= 11 is 0. The molecule has 1 unspecified atom stereocenters. The Kier molecular flexibility index (Phi) is 13.4. The molecule has 0 fully saturated rings. The van der Waals surface area contributed by atoms with Gasteiger partial charge in [0.05, 0.1) is 0 Å². The van der Waals surface area contributed by atoms with Gasteiger partial charge in [-0.2, -0.15) is 0 Å². The highest BCUT2D eigenvalue weighted by Gasteiger charge is 1.98. The molecule has 0 radical (unpaired) electrons. The molecular formula is C17H39N. The normalized spacial score (nSPS) is 13.2. The van der Waals surface area contributed by atoms with Crippen molar-refractivity contribution in [1.29, 1.82) is 0 Å². The highest BCUT2D eigenvalue weighted by molar-refractivity contribution is 4.54. The van der Waals surface area contributed by atoms with Crippen LogP contribution in [-0.4, -0.2) is 13.1 Å². The van der Waals surface area contributed by atoms with Gasteiger partial charge in [-0.25, -0.2) is 0 Å². The first-order valence-electron chi connectivity index (χ1n) is 8.37. The van der Waals surface area contributed by atoms with Gasteiger partial charge in [-0.15, -0.1) is 0 Å². The zero-order chi connectivity index (χ0) is 13.6. The van der Waals surface area contributed by atoms with Crippen molar-refractivity contribution in [2.24, 2.45) is 11.8 Å². The van der Waals surface area contributed by atoms with Crippen LogP contribution in [0.2, 0.25) is 0 Å². The number of hydrogen-bond donors (Lipinski definition) is 1. The molecule has 0 aromatic heterocycles. The van der Waals surface area contributed by atoms with E-state index in [9.17, 15) is 0 Å². The molecule has 0 spiro atoms. The zero-order valence-electron chi connectivity index (χ0n) is 13.4. The van der Waals surface area contributed by atoms with Crippen LogP contribution in [0.4, 0.5) is 0 Å². The quantitative estimate of drug-likeness (QED) is 0.421. The van der Waals surface area contributed by atoms with E-state index < -0.39 is 0 Å². The lowest BCUT2D eigenvalue weighted by atomic mass is 10.00. The van der Waals surface area contributed by atoms with Gasteiger partial charge >= 0.3 is 0 Å². The van der Waals surface area contributed by atoms with Crippen LogP contribution in [0.3, 0.4) is 0 Å². The van der Waals surface area contributed by atoms with E-state index in [1.807, 2.05) is 0 Å². The lowest BCUT2D eigenvalue weighted by Crippen LogP contribution is -2.20. The second kappa shape index (κ2) is 13.4. The van der Waals surface area contributed by atoms with E-state index in [0.717, 1.165) is 11.8 Å². The van der Waals surface area contributed by atoms with E-state index in [4.69, 9.17) is 0 Å². The van der Waals surface area contributed by atoms with Crippen molar-refractivity contribution in [3.8, 4) is 0 Å². The van der Waals surface area contributed by atoms with Crippen molar-refractivity contribution < 1.29 is 1.43 Å². The van der Waals surface area contributed by atoms with Crippen LogP contribution in [0, 0.1) is 11.8 Å². The van der Waals surface area contributed by atoms with E-state index in [0.29, 0.717) is 0 Å². The van der Waals surface area contributed by atoms with Gasteiger partial charge in [0, 0.05) is 1.43 Å². The summed E-state index contributed by atoms with van der Waals surface area (Å²) in [7, 11) is 0. The molecule has 1 atom stereocenters. The highest BCUT2D eigenvalue weighted by atomic mass is 14.8. The summed E-state index contributed by atoms with van der Waals surface area (Å²) in [5, 5.41) is 3.51. The predicted molar refractivity (Wildman–Crippen MR) is 86.2 cm³/mol. The summed E-state index contributed by atoms with van der Waals surface area (Å²) in [6, 6.07) is 0. The Labute approximate surface area is 118 Å². The molecule has 0 aromatic rings. The molecule has 1 N–H and O–H groups in total. The Morgan fingerprint density at radius 2 is 1.39 bits per heavy atom. The topological polar surface area (TPSA) is 12.0 Å². The fourth-order valence-electron chi connectivity index (χ4n) is 2.22. The molecule has 0 aliphatic rings. The summed E-state index contributed by atoms with van der Waals surface area (Å²) < 4.78 is 0. The van der Waals surface area contributed by atoms with Crippen LogP contribution in [0.5, 0.6) is 0 Å². The summed E-state index contributed by atoms with van der Waals surface area (Å²) in [6.45, 7) is 11.6. The standard InChI is InChI=1S/C17H37N.H2/c1-5-17(4)13-11-9-7-6-8-10-12-14-18-15-16(2)3;/h16-18H,5-15H2,1-4H3;1H. The van der Waals surface area contributed by atoms with Gasteiger partial charge in [0.1, 0.15) is 0 Å². The molecule has 18 heavy (non-hydrogen) atoms. The summed E-state index contributed by atoms with van der Waals surface area (Å²) in [6.07, 6.45) is 12.8. The second-order valence-corrected chi connectivity index (χ2v) is 6.37. The molecule has 0 bridgehead atoms. The van der Waals surface area contributed by atoms with Crippen LogP contribution in [0.25, 0.3) is 0 Å². The van der Waals surface area contributed by atoms with Crippen molar-refractivity contribution in [3.05, 3.63) is 0 Å². The van der Waals surface area contributed by atoms with Crippen molar-refractivity contribution in [2.75, 3.05) is 13.1 Å². The fourth-order valence-corrected chi connectivity index (χ4v) is 2.22. The molecule has 0 rings (SSSR count). The Balaban J connectivity index is 0. The van der Waals surface area contributed by atoms with Gasteiger partial charge in [0.2, 0.25) is 0 Å². The third kappa shape index (κ3) is 14.0. The molecule has 0 saturated carbocycles. The van der Waals surface area contributed by atoms with Crippen molar-refractivity contribution in [2.45, 2.75) is 85.5 Å². The second-order valence-electron chi connectivity index (χ2n) is 6.37. The van der Waals surface area contributed by atoms with E-state index in [-0.39, 0.29) is 1.43 Å². The van der Waals surface area contributed by atoms with Gasteiger partial charge in [0.15, 0.2) is 0 Å².